The lowest BCUT2D eigenvalue weighted by Crippen LogP contribution is -2.32. The van der Waals surface area contributed by atoms with E-state index in [1.54, 1.807) is 36.4 Å². The molecule has 10 heteroatoms. The summed E-state index contributed by atoms with van der Waals surface area (Å²) >= 11 is 0. The molecule has 2 amide bonds. The van der Waals surface area contributed by atoms with Crippen LogP contribution in [0, 0.1) is 10.1 Å². The van der Waals surface area contributed by atoms with Crippen LogP contribution >= 0.6 is 0 Å². The van der Waals surface area contributed by atoms with Crippen molar-refractivity contribution in [3.05, 3.63) is 82.2 Å². The van der Waals surface area contributed by atoms with Crippen LogP contribution in [0.5, 0.6) is 0 Å². The lowest BCUT2D eigenvalue weighted by atomic mass is 10.1. The molecular weight excluding hydrogens is 414 g/mol. The topological polar surface area (TPSA) is 128 Å². The number of carbonyl (C=O) groups is 2. The Morgan fingerprint density at radius 2 is 1.94 bits per heavy atom. The molecule has 2 aromatic carbocycles. The van der Waals surface area contributed by atoms with Gasteiger partial charge < -0.3 is 15.4 Å². The molecule has 0 spiro atoms. The van der Waals surface area contributed by atoms with Crippen LogP contribution in [0.1, 0.15) is 33.6 Å². The molecule has 0 aliphatic carbocycles. The molecule has 0 saturated carbocycles. The van der Waals surface area contributed by atoms with Gasteiger partial charge in [0.05, 0.1) is 39.7 Å². The van der Waals surface area contributed by atoms with Gasteiger partial charge in [-0.25, -0.2) is 4.68 Å². The van der Waals surface area contributed by atoms with Gasteiger partial charge in [-0.1, -0.05) is 12.1 Å². The second kappa shape index (κ2) is 9.40. The third-order valence-corrected chi connectivity index (χ3v) is 5.10. The zero-order chi connectivity index (χ0) is 22.5. The zero-order valence-corrected chi connectivity index (χ0v) is 17.1. The molecular formula is C22H21N5O5. The summed E-state index contributed by atoms with van der Waals surface area (Å²) in [5, 5.41) is 20.5. The molecule has 0 bridgehead atoms. The van der Waals surface area contributed by atoms with E-state index in [-0.39, 0.29) is 23.3 Å². The SMILES string of the molecule is O=C(Nc1ccccc1C(=O)NCC1CCCO1)c1cnn(-c2ccc([N+](=O)[O-])cc2)c1. The average molecular weight is 435 g/mol. The minimum absolute atomic E-state index is 0.0194. The Bertz CT molecular complexity index is 1140. The summed E-state index contributed by atoms with van der Waals surface area (Å²) in [7, 11) is 0. The van der Waals surface area contributed by atoms with E-state index in [0.29, 0.717) is 30.1 Å². The molecule has 0 radical (unpaired) electrons. The summed E-state index contributed by atoms with van der Waals surface area (Å²) in [5.74, 6) is -0.726. The van der Waals surface area contributed by atoms with Gasteiger partial charge in [-0.3, -0.25) is 19.7 Å². The summed E-state index contributed by atoms with van der Waals surface area (Å²) in [4.78, 5) is 35.7. The minimum Gasteiger partial charge on any atom is -0.376 e. The van der Waals surface area contributed by atoms with Crippen LogP contribution in [-0.4, -0.2) is 45.8 Å². The number of nitro groups is 1. The number of benzene rings is 2. The quantitative estimate of drug-likeness (QED) is 0.434. The molecule has 3 aromatic rings. The molecule has 32 heavy (non-hydrogen) atoms. The van der Waals surface area contributed by atoms with Crippen LogP contribution in [0.2, 0.25) is 0 Å². The lowest BCUT2D eigenvalue weighted by Gasteiger charge is -2.13. The van der Waals surface area contributed by atoms with E-state index in [1.165, 1.54) is 29.2 Å². The number of amides is 2. The molecule has 1 aliphatic heterocycles. The maximum atomic E-state index is 12.7. The summed E-state index contributed by atoms with van der Waals surface area (Å²) in [5.41, 5.74) is 1.54. The van der Waals surface area contributed by atoms with Crippen molar-refractivity contribution >= 4 is 23.2 Å². The monoisotopic (exact) mass is 435 g/mol. The Kier molecular flexibility index (Phi) is 6.22. The van der Waals surface area contributed by atoms with E-state index in [0.717, 1.165) is 12.8 Å². The molecule has 1 aliphatic rings. The van der Waals surface area contributed by atoms with Crippen LogP contribution in [0.4, 0.5) is 11.4 Å². The van der Waals surface area contributed by atoms with E-state index in [9.17, 15) is 19.7 Å². The first kappa shape index (κ1) is 21.2. The van der Waals surface area contributed by atoms with Gasteiger partial charge in [0.2, 0.25) is 0 Å². The number of anilines is 1. The third kappa shape index (κ3) is 4.81. The normalized spacial score (nSPS) is 15.3. The fourth-order valence-corrected chi connectivity index (χ4v) is 3.40. The van der Waals surface area contributed by atoms with Crippen molar-refractivity contribution in [3.8, 4) is 5.69 Å². The van der Waals surface area contributed by atoms with E-state index in [1.807, 2.05) is 0 Å². The molecule has 2 N–H and O–H groups in total. The first-order valence-corrected chi connectivity index (χ1v) is 10.1. The van der Waals surface area contributed by atoms with Gasteiger partial charge in [0.25, 0.3) is 17.5 Å². The highest BCUT2D eigenvalue weighted by molar-refractivity contribution is 6.08. The number of hydrogen-bond donors (Lipinski definition) is 2. The van der Waals surface area contributed by atoms with Crippen LogP contribution in [0.15, 0.2) is 60.9 Å². The highest BCUT2D eigenvalue weighted by Gasteiger charge is 2.19. The fourth-order valence-electron chi connectivity index (χ4n) is 3.40. The smallest absolute Gasteiger partial charge is 0.269 e. The minimum atomic E-state index is -0.486. The van der Waals surface area contributed by atoms with E-state index >= 15 is 0 Å². The van der Waals surface area contributed by atoms with E-state index < -0.39 is 10.8 Å². The second-order valence-corrected chi connectivity index (χ2v) is 7.29. The van der Waals surface area contributed by atoms with Crippen molar-refractivity contribution < 1.29 is 19.2 Å². The van der Waals surface area contributed by atoms with Gasteiger partial charge in [-0.2, -0.15) is 5.10 Å². The zero-order valence-electron chi connectivity index (χ0n) is 17.1. The molecule has 1 atom stereocenters. The molecule has 1 aromatic heterocycles. The fraction of sp³-hybridized carbons (Fsp3) is 0.227. The highest BCUT2D eigenvalue weighted by atomic mass is 16.6. The number of non-ortho nitro benzene ring substituents is 1. The first-order valence-electron chi connectivity index (χ1n) is 10.1. The predicted molar refractivity (Wildman–Crippen MR) is 116 cm³/mol. The van der Waals surface area contributed by atoms with Gasteiger partial charge in [-0.05, 0) is 37.1 Å². The van der Waals surface area contributed by atoms with Crippen molar-refractivity contribution in [1.82, 2.24) is 15.1 Å². The first-order chi connectivity index (χ1) is 15.5. The van der Waals surface area contributed by atoms with Crippen LogP contribution in [-0.2, 0) is 4.74 Å². The van der Waals surface area contributed by atoms with Crippen LogP contribution in [0.3, 0.4) is 0 Å². The van der Waals surface area contributed by atoms with E-state index in [4.69, 9.17) is 4.74 Å². The summed E-state index contributed by atoms with van der Waals surface area (Å²) in [6.45, 7) is 1.13. The number of rotatable bonds is 7. The van der Waals surface area contributed by atoms with E-state index in [2.05, 4.69) is 15.7 Å². The number of ether oxygens (including phenoxy) is 1. The number of carbonyl (C=O) groups excluding carboxylic acids is 2. The second-order valence-electron chi connectivity index (χ2n) is 7.29. The number of hydrogen-bond acceptors (Lipinski definition) is 6. The standard InChI is InChI=1S/C22H21N5O5/c28-21(15-12-24-26(14-15)16-7-9-17(10-8-16)27(30)31)25-20-6-2-1-5-19(20)22(29)23-13-18-4-3-11-32-18/h1-2,5-10,12,14,18H,3-4,11,13H2,(H,23,29)(H,25,28). The van der Waals surface area contributed by atoms with Crippen molar-refractivity contribution in [2.24, 2.45) is 0 Å². The largest absolute Gasteiger partial charge is 0.376 e. The van der Waals surface area contributed by atoms with Gasteiger partial charge in [0.15, 0.2) is 0 Å². The maximum Gasteiger partial charge on any atom is 0.269 e. The third-order valence-electron chi connectivity index (χ3n) is 5.10. The Hall–Kier alpha value is -4.05. The van der Waals surface area contributed by atoms with Crippen molar-refractivity contribution in [2.75, 3.05) is 18.5 Å². The van der Waals surface area contributed by atoms with Crippen LogP contribution < -0.4 is 10.6 Å². The van der Waals surface area contributed by atoms with Gasteiger partial charge in [0.1, 0.15) is 0 Å². The van der Waals surface area contributed by atoms with Crippen LogP contribution in [0.25, 0.3) is 5.69 Å². The molecule has 164 valence electrons. The van der Waals surface area contributed by atoms with Crippen molar-refractivity contribution in [1.29, 1.82) is 0 Å². The Morgan fingerprint density at radius 1 is 1.16 bits per heavy atom. The molecule has 1 saturated heterocycles. The van der Waals surface area contributed by atoms with Crippen molar-refractivity contribution in [2.45, 2.75) is 18.9 Å². The Morgan fingerprint density at radius 3 is 2.66 bits per heavy atom. The number of nitro benzene ring substituents is 1. The maximum absolute atomic E-state index is 12.7. The predicted octanol–water partition coefficient (Wildman–Crippen LogP) is 2.94. The molecule has 4 rings (SSSR count). The number of nitrogens with zero attached hydrogens (tertiary/aromatic N) is 3. The Labute approximate surface area is 183 Å². The molecule has 2 heterocycles. The molecule has 10 nitrogen and oxygen atoms in total. The summed E-state index contributed by atoms with van der Waals surface area (Å²) in [6.07, 6.45) is 4.82. The lowest BCUT2D eigenvalue weighted by molar-refractivity contribution is -0.384. The molecule has 1 fully saturated rings. The van der Waals surface area contributed by atoms with Crippen molar-refractivity contribution in [3.63, 3.8) is 0 Å². The summed E-state index contributed by atoms with van der Waals surface area (Å²) < 4.78 is 6.97. The number of para-hydroxylation sites is 1. The Balaban J connectivity index is 1.44. The summed E-state index contributed by atoms with van der Waals surface area (Å²) in [6, 6.07) is 12.6. The number of nitrogens with one attached hydrogen (secondary N) is 2. The highest BCUT2D eigenvalue weighted by Crippen LogP contribution is 2.19. The molecule has 1 unspecified atom stereocenters. The van der Waals surface area contributed by atoms with Gasteiger partial charge in [0, 0.05) is 31.5 Å². The van der Waals surface area contributed by atoms with Gasteiger partial charge in [-0.15, -0.1) is 0 Å². The average Bonchev–Trinajstić information content (AvgIpc) is 3.50. The van der Waals surface area contributed by atoms with Gasteiger partial charge >= 0.3 is 0 Å². The number of aromatic nitrogens is 2.